The van der Waals surface area contributed by atoms with Crippen molar-refractivity contribution in [3.05, 3.63) is 63.5 Å². The van der Waals surface area contributed by atoms with Gasteiger partial charge in [-0.25, -0.2) is 14.2 Å². The number of benzene rings is 1. The first kappa shape index (κ1) is 17.8. The Labute approximate surface area is 159 Å². The molecule has 2 aromatic rings. The van der Waals surface area contributed by atoms with Crippen LogP contribution < -0.4 is 5.32 Å². The van der Waals surface area contributed by atoms with E-state index in [0.29, 0.717) is 32.7 Å². The number of carboxylic acid groups (broad SMARTS) is 1. The Balaban J connectivity index is 2.19. The zero-order valence-electron chi connectivity index (χ0n) is 13.0. The Morgan fingerprint density at radius 3 is 2.80 bits per heavy atom. The molecule has 1 aromatic carbocycles. The normalized spacial score (nSPS) is 17.3. The lowest BCUT2D eigenvalue weighted by Crippen LogP contribution is -2.35. The van der Waals surface area contributed by atoms with Crippen LogP contribution in [-0.4, -0.2) is 31.8 Å². The molecule has 2 heterocycles. The van der Waals surface area contributed by atoms with Crippen LogP contribution in [0.3, 0.4) is 0 Å². The van der Waals surface area contributed by atoms with Crippen LogP contribution in [0.15, 0.2) is 51.3 Å². The molecule has 1 aromatic heterocycles. The van der Waals surface area contributed by atoms with Gasteiger partial charge in [-0.15, -0.1) is 0 Å². The summed E-state index contributed by atoms with van der Waals surface area (Å²) >= 11 is 6.63. The summed E-state index contributed by atoms with van der Waals surface area (Å²) in [4.78, 5) is 20.7. The van der Waals surface area contributed by atoms with Crippen molar-refractivity contribution in [2.24, 2.45) is 12.0 Å². The maximum Gasteiger partial charge on any atom is 0.335 e. The zero-order valence-corrected chi connectivity index (χ0v) is 16.2. The number of carboxylic acids is 1. The summed E-state index contributed by atoms with van der Waals surface area (Å²) < 4.78 is 15.7. The maximum atomic E-state index is 13.4. The molecular formula is C16H13Br2FN4O2. The molecule has 130 valence electrons. The average Bonchev–Trinajstić information content (AvgIpc) is 2.99. The lowest BCUT2D eigenvalue weighted by molar-refractivity contribution is -0.133. The molecule has 9 heteroatoms. The van der Waals surface area contributed by atoms with E-state index in [1.165, 1.54) is 18.2 Å². The largest absolute Gasteiger partial charge is 0.478 e. The van der Waals surface area contributed by atoms with E-state index < -0.39 is 17.8 Å². The van der Waals surface area contributed by atoms with Crippen LogP contribution in [0.1, 0.15) is 17.4 Å². The van der Waals surface area contributed by atoms with Gasteiger partial charge in [-0.2, -0.15) is 0 Å². The molecular weight excluding hydrogens is 459 g/mol. The predicted molar refractivity (Wildman–Crippen MR) is 98.2 cm³/mol. The molecule has 0 bridgehead atoms. The van der Waals surface area contributed by atoms with Crippen LogP contribution >= 0.6 is 31.9 Å². The van der Waals surface area contributed by atoms with Gasteiger partial charge in [-0.05, 0) is 17.7 Å². The van der Waals surface area contributed by atoms with E-state index in [1.54, 1.807) is 17.0 Å². The lowest BCUT2D eigenvalue weighted by atomic mass is 9.96. The molecule has 1 atom stereocenters. The number of alkyl halides is 1. The number of aromatic nitrogens is 2. The minimum atomic E-state index is -1.09. The molecule has 2 N–H and O–H groups in total. The van der Waals surface area contributed by atoms with Gasteiger partial charge < -0.3 is 15.0 Å². The zero-order chi connectivity index (χ0) is 18.1. The smallest absolute Gasteiger partial charge is 0.335 e. The summed E-state index contributed by atoms with van der Waals surface area (Å²) in [7, 11) is 1.82. The molecule has 1 unspecified atom stereocenters. The molecule has 0 fully saturated rings. The fraction of sp³-hybridized carbons (Fsp3) is 0.188. The summed E-state index contributed by atoms with van der Waals surface area (Å²) in [6, 6.07) is 3.31. The number of hydrogen-bond donors (Lipinski definition) is 2. The van der Waals surface area contributed by atoms with Gasteiger partial charge in [0.25, 0.3) is 0 Å². The second-order valence-corrected chi connectivity index (χ2v) is 6.78. The highest BCUT2D eigenvalue weighted by Gasteiger charge is 2.32. The minimum absolute atomic E-state index is 0.0992. The van der Waals surface area contributed by atoms with E-state index in [4.69, 9.17) is 0 Å². The first-order valence-electron chi connectivity index (χ1n) is 7.22. The predicted octanol–water partition coefficient (Wildman–Crippen LogP) is 3.15. The second kappa shape index (κ2) is 7.09. The number of imidazole rings is 1. The van der Waals surface area contributed by atoms with E-state index >= 15 is 0 Å². The topological polar surface area (TPSA) is 79.5 Å². The fourth-order valence-corrected chi connectivity index (χ4v) is 3.62. The number of amidine groups is 1. The third-order valence-electron chi connectivity index (χ3n) is 3.78. The summed E-state index contributed by atoms with van der Waals surface area (Å²) in [6.45, 7) is 0. The summed E-state index contributed by atoms with van der Waals surface area (Å²) in [6.07, 6.45) is 3.40. The number of aliphatic imine (C=N–C) groups is 1. The fourth-order valence-electron chi connectivity index (χ4n) is 2.61. The van der Waals surface area contributed by atoms with Gasteiger partial charge in [0, 0.05) is 34.9 Å². The van der Waals surface area contributed by atoms with Gasteiger partial charge in [0.15, 0.2) is 11.7 Å². The molecule has 0 amide bonds. The molecule has 0 saturated heterocycles. The molecule has 1 aliphatic heterocycles. The van der Waals surface area contributed by atoms with Gasteiger partial charge in [0.1, 0.15) is 11.9 Å². The van der Waals surface area contributed by atoms with Crippen molar-refractivity contribution in [3.8, 4) is 0 Å². The molecule has 25 heavy (non-hydrogen) atoms. The maximum absolute atomic E-state index is 13.4. The van der Waals surface area contributed by atoms with Crippen LogP contribution in [0.5, 0.6) is 0 Å². The van der Waals surface area contributed by atoms with Crippen molar-refractivity contribution in [1.82, 2.24) is 14.9 Å². The highest BCUT2D eigenvalue weighted by molar-refractivity contribution is 9.10. The van der Waals surface area contributed by atoms with Crippen LogP contribution in [0.4, 0.5) is 4.39 Å². The third-order valence-corrected chi connectivity index (χ3v) is 5.03. The Kier molecular flexibility index (Phi) is 5.05. The number of nitrogens with one attached hydrogen (secondary N) is 1. The first-order valence-corrected chi connectivity index (χ1v) is 9.13. The van der Waals surface area contributed by atoms with E-state index in [0.717, 1.165) is 0 Å². The quantitative estimate of drug-likeness (QED) is 0.671. The van der Waals surface area contributed by atoms with Crippen LogP contribution in [-0.2, 0) is 11.8 Å². The van der Waals surface area contributed by atoms with Crippen molar-refractivity contribution >= 4 is 43.7 Å². The highest BCUT2D eigenvalue weighted by atomic mass is 79.9. The van der Waals surface area contributed by atoms with Crippen molar-refractivity contribution in [3.63, 3.8) is 0 Å². The monoisotopic (exact) mass is 470 g/mol. The average molecular weight is 472 g/mol. The van der Waals surface area contributed by atoms with Gasteiger partial charge in [-0.1, -0.05) is 37.9 Å². The molecule has 0 aliphatic carbocycles. The summed E-state index contributed by atoms with van der Waals surface area (Å²) in [5, 5.41) is 13.0. The molecule has 0 radical (unpaired) electrons. The van der Waals surface area contributed by atoms with Crippen molar-refractivity contribution in [1.29, 1.82) is 0 Å². The van der Waals surface area contributed by atoms with E-state index in [-0.39, 0.29) is 5.57 Å². The standard InChI is InChI=1S/C16H13Br2FN4O2/c1-23-5-4-20-15(23)14-21-11(7-17)12(16(24)25)13(22-14)9-3-2-8(19)6-10(9)18/h2-6,13H,7H2,1H3,(H,21,22)(H,24,25). The Morgan fingerprint density at radius 2 is 2.24 bits per heavy atom. The number of carbonyl (C=O) groups is 1. The van der Waals surface area contributed by atoms with Crippen LogP contribution in [0.2, 0.25) is 0 Å². The second-order valence-electron chi connectivity index (χ2n) is 5.36. The number of rotatable bonds is 4. The number of hydrogen-bond acceptors (Lipinski definition) is 4. The number of aryl methyl sites for hydroxylation is 1. The number of halogens is 3. The van der Waals surface area contributed by atoms with E-state index in [9.17, 15) is 14.3 Å². The number of allylic oxidation sites excluding steroid dienone is 1. The first-order chi connectivity index (χ1) is 11.9. The van der Waals surface area contributed by atoms with Crippen molar-refractivity contribution in [2.75, 3.05) is 5.33 Å². The van der Waals surface area contributed by atoms with Crippen LogP contribution in [0, 0.1) is 5.82 Å². The molecule has 0 spiro atoms. The Hall–Kier alpha value is -2.00. The minimum Gasteiger partial charge on any atom is -0.478 e. The van der Waals surface area contributed by atoms with Gasteiger partial charge in [0.2, 0.25) is 0 Å². The number of aliphatic carboxylic acids is 1. The summed E-state index contributed by atoms with van der Waals surface area (Å²) in [5.74, 6) is -0.482. The Morgan fingerprint density at radius 1 is 1.48 bits per heavy atom. The lowest BCUT2D eigenvalue weighted by Gasteiger charge is -2.26. The molecule has 0 saturated carbocycles. The van der Waals surface area contributed by atoms with E-state index in [2.05, 4.69) is 47.2 Å². The van der Waals surface area contributed by atoms with Gasteiger partial charge >= 0.3 is 5.97 Å². The van der Waals surface area contributed by atoms with E-state index in [1.807, 2.05) is 7.05 Å². The van der Waals surface area contributed by atoms with Crippen molar-refractivity contribution < 1.29 is 14.3 Å². The Bertz CT molecular complexity index is 907. The van der Waals surface area contributed by atoms with Crippen LogP contribution in [0.25, 0.3) is 0 Å². The van der Waals surface area contributed by atoms with Crippen molar-refractivity contribution in [2.45, 2.75) is 6.04 Å². The molecule has 3 rings (SSSR count). The summed E-state index contributed by atoms with van der Waals surface area (Å²) in [5.41, 5.74) is 1.13. The third kappa shape index (κ3) is 3.38. The molecule has 1 aliphatic rings. The highest BCUT2D eigenvalue weighted by Crippen LogP contribution is 2.36. The SMILES string of the molecule is Cn1ccnc1C1=NC(c2ccc(F)cc2Br)C(C(=O)O)=C(CBr)N1. The molecule has 6 nitrogen and oxygen atoms in total. The van der Waals surface area contributed by atoms with Gasteiger partial charge in [0.05, 0.1) is 5.57 Å². The number of nitrogens with zero attached hydrogens (tertiary/aromatic N) is 3. The van der Waals surface area contributed by atoms with Gasteiger partial charge in [-0.3, -0.25) is 4.99 Å².